The van der Waals surface area contributed by atoms with Crippen LogP contribution in [0.15, 0.2) is 35.6 Å². The first-order valence-corrected chi connectivity index (χ1v) is 6.08. The molecular weight excluding hydrogens is 230 g/mol. The van der Waals surface area contributed by atoms with E-state index in [1.165, 1.54) is 0 Å². The van der Waals surface area contributed by atoms with Crippen LogP contribution in [-0.4, -0.2) is 25.9 Å². The van der Waals surface area contributed by atoms with Gasteiger partial charge in [-0.3, -0.25) is 9.48 Å². The average Bonchev–Trinajstić information content (AvgIpc) is 2.89. The third kappa shape index (κ3) is 2.97. The van der Waals surface area contributed by atoms with Gasteiger partial charge >= 0.3 is 0 Å². The van der Waals surface area contributed by atoms with E-state index in [2.05, 4.69) is 15.4 Å². The van der Waals surface area contributed by atoms with E-state index in [4.69, 9.17) is 0 Å². The van der Waals surface area contributed by atoms with Crippen LogP contribution in [0.3, 0.4) is 0 Å². The van der Waals surface area contributed by atoms with Crippen LogP contribution in [0, 0.1) is 0 Å². The number of hydrogen-bond donors (Lipinski definition) is 1. The van der Waals surface area contributed by atoms with Crippen LogP contribution in [0.4, 0.5) is 5.82 Å². The van der Waals surface area contributed by atoms with Gasteiger partial charge in [-0.05, 0) is 19.4 Å². The molecular formula is C12H17N5O. The summed E-state index contributed by atoms with van der Waals surface area (Å²) in [6, 6.07) is 1.89. The molecule has 0 bridgehead atoms. The Balaban J connectivity index is 1.85. The molecule has 18 heavy (non-hydrogen) atoms. The van der Waals surface area contributed by atoms with Gasteiger partial charge in [0, 0.05) is 44.4 Å². The highest BCUT2D eigenvalue weighted by atomic mass is 16.1. The largest absolute Gasteiger partial charge is 0.365 e. The molecule has 0 unspecified atom stereocenters. The Morgan fingerprint density at radius 2 is 2.22 bits per heavy atom. The van der Waals surface area contributed by atoms with Gasteiger partial charge in [0.15, 0.2) is 5.82 Å². The predicted octanol–water partition coefficient (Wildman–Crippen LogP) is 0.962. The van der Waals surface area contributed by atoms with Crippen molar-refractivity contribution in [2.75, 3.05) is 11.9 Å². The molecule has 0 saturated heterocycles. The Labute approximate surface area is 105 Å². The second-order valence-corrected chi connectivity index (χ2v) is 3.92. The Kier molecular flexibility index (Phi) is 4.11. The molecule has 96 valence electrons. The van der Waals surface area contributed by atoms with Gasteiger partial charge < -0.3 is 9.88 Å². The van der Waals surface area contributed by atoms with E-state index in [-0.39, 0.29) is 5.56 Å². The van der Waals surface area contributed by atoms with Crippen LogP contribution in [0.2, 0.25) is 0 Å². The summed E-state index contributed by atoms with van der Waals surface area (Å²) in [5.41, 5.74) is -0.0703. The summed E-state index contributed by atoms with van der Waals surface area (Å²) in [6.07, 6.45) is 7.90. The topological polar surface area (TPSA) is 64.7 Å². The van der Waals surface area contributed by atoms with Crippen LogP contribution >= 0.6 is 0 Å². The van der Waals surface area contributed by atoms with Crippen molar-refractivity contribution in [3.05, 3.63) is 41.2 Å². The van der Waals surface area contributed by atoms with Gasteiger partial charge in [0.05, 0.1) is 0 Å². The molecule has 6 heteroatoms. The van der Waals surface area contributed by atoms with E-state index in [1.807, 2.05) is 23.9 Å². The summed E-state index contributed by atoms with van der Waals surface area (Å²) >= 11 is 0. The molecule has 0 fully saturated rings. The maximum absolute atomic E-state index is 11.8. The zero-order chi connectivity index (χ0) is 12.8. The molecule has 2 aromatic heterocycles. The van der Waals surface area contributed by atoms with Crippen molar-refractivity contribution in [3.8, 4) is 0 Å². The Hall–Kier alpha value is -2.11. The summed E-state index contributed by atoms with van der Waals surface area (Å²) in [5, 5.41) is 7.18. The Bertz CT molecular complexity index is 532. The van der Waals surface area contributed by atoms with E-state index < -0.39 is 0 Å². The van der Waals surface area contributed by atoms with Crippen LogP contribution in [0.25, 0.3) is 0 Å². The minimum absolute atomic E-state index is 0.0703. The van der Waals surface area contributed by atoms with Crippen LogP contribution in [-0.2, 0) is 13.1 Å². The molecule has 1 N–H and O–H groups in total. The minimum atomic E-state index is -0.0703. The molecule has 0 radical (unpaired) electrons. The third-order valence-corrected chi connectivity index (χ3v) is 2.67. The molecule has 0 aromatic carbocycles. The number of anilines is 1. The molecule has 0 aliphatic rings. The van der Waals surface area contributed by atoms with Crippen molar-refractivity contribution in [3.63, 3.8) is 0 Å². The van der Waals surface area contributed by atoms with Crippen molar-refractivity contribution in [1.29, 1.82) is 0 Å². The van der Waals surface area contributed by atoms with Crippen molar-refractivity contribution in [2.45, 2.75) is 26.4 Å². The zero-order valence-electron chi connectivity index (χ0n) is 10.4. The lowest BCUT2D eigenvalue weighted by molar-refractivity contribution is 0.591. The highest BCUT2D eigenvalue weighted by Crippen LogP contribution is 1.95. The van der Waals surface area contributed by atoms with Gasteiger partial charge in [0.2, 0.25) is 0 Å². The fourth-order valence-corrected chi connectivity index (χ4v) is 1.70. The Morgan fingerprint density at radius 1 is 1.33 bits per heavy atom. The van der Waals surface area contributed by atoms with Crippen LogP contribution in [0.5, 0.6) is 0 Å². The predicted molar refractivity (Wildman–Crippen MR) is 69.5 cm³/mol. The summed E-state index contributed by atoms with van der Waals surface area (Å²) in [7, 11) is 0. The highest BCUT2D eigenvalue weighted by Gasteiger charge is 2.02. The minimum Gasteiger partial charge on any atom is -0.365 e. The highest BCUT2D eigenvalue weighted by molar-refractivity contribution is 5.30. The molecule has 2 aromatic rings. The van der Waals surface area contributed by atoms with E-state index in [0.29, 0.717) is 18.9 Å². The maximum Gasteiger partial charge on any atom is 0.293 e. The fourth-order valence-electron chi connectivity index (χ4n) is 1.70. The number of hydrogen-bond acceptors (Lipinski definition) is 4. The monoisotopic (exact) mass is 247 g/mol. The maximum atomic E-state index is 11.8. The first-order valence-electron chi connectivity index (χ1n) is 6.08. The molecule has 0 aliphatic heterocycles. The van der Waals surface area contributed by atoms with E-state index in [0.717, 1.165) is 13.0 Å². The quantitative estimate of drug-likeness (QED) is 0.772. The third-order valence-electron chi connectivity index (χ3n) is 2.67. The van der Waals surface area contributed by atoms with Crippen molar-refractivity contribution < 1.29 is 0 Å². The SMILES string of the molecule is CCn1ccnc(NCCCn2cccn2)c1=O. The lowest BCUT2D eigenvalue weighted by Crippen LogP contribution is -2.24. The van der Waals surface area contributed by atoms with Crippen LogP contribution in [0.1, 0.15) is 13.3 Å². The van der Waals surface area contributed by atoms with Gasteiger partial charge in [-0.1, -0.05) is 0 Å². The lowest BCUT2D eigenvalue weighted by Gasteiger charge is -2.07. The summed E-state index contributed by atoms with van der Waals surface area (Å²) in [6.45, 7) is 4.12. The Morgan fingerprint density at radius 3 is 2.94 bits per heavy atom. The van der Waals surface area contributed by atoms with E-state index >= 15 is 0 Å². The second kappa shape index (κ2) is 6.00. The first kappa shape index (κ1) is 12.3. The number of nitrogens with one attached hydrogen (secondary N) is 1. The molecule has 0 spiro atoms. The van der Waals surface area contributed by atoms with E-state index in [1.54, 1.807) is 23.2 Å². The molecule has 0 atom stereocenters. The van der Waals surface area contributed by atoms with Crippen molar-refractivity contribution in [1.82, 2.24) is 19.3 Å². The van der Waals surface area contributed by atoms with Crippen LogP contribution < -0.4 is 10.9 Å². The van der Waals surface area contributed by atoms with E-state index in [9.17, 15) is 4.79 Å². The number of aromatic nitrogens is 4. The fraction of sp³-hybridized carbons (Fsp3) is 0.417. The normalized spacial score (nSPS) is 10.5. The summed E-state index contributed by atoms with van der Waals surface area (Å²) < 4.78 is 3.49. The molecule has 2 rings (SSSR count). The standard InChI is InChI=1S/C12H17N5O/c1-2-16-10-7-14-11(12(16)18)13-5-3-8-17-9-4-6-15-17/h4,6-7,9-10H,2-3,5,8H2,1H3,(H,13,14). The van der Waals surface area contributed by atoms with Gasteiger partial charge in [-0.2, -0.15) is 5.10 Å². The lowest BCUT2D eigenvalue weighted by atomic mass is 10.4. The van der Waals surface area contributed by atoms with Crippen molar-refractivity contribution in [2.24, 2.45) is 0 Å². The van der Waals surface area contributed by atoms with Gasteiger partial charge in [-0.25, -0.2) is 4.98 Å². The number of rotatable bonds is 6. The number of nitrogens with zero attached hydrogens (tertiary/aromatic N) is 4. The van der Waals surface area contributed by atoms with Gasteiger partial charge in [0.1, 0.15) is 0 Å². The zero-order valence-corrected chi connectivity index (χ0v) is 10.4. The second-order valence-electron chi connectivity index (χ2n) is 3.92. The molecule has 0 aliphatic carbocycles. The van der Waals surface area contributed by atoms with Gasteiger partial charge in [-0.15, -0.1) is 0 Å². The molecule has 2 heterocycles. The average molecular weight is 247 g/mol. The first-order chi connectivity index (χ1) is 8.81. The molecule has 0 amide bonds. The smallest absolute Gasteiger partial charge is 0.293 e. The molecule has 0 saturated carbocycles. The number of aryl methyl sites for hydroxylation is 2. The van der Waals surface area contributed by atoms with Crippen molar-refractivity contribution >= 4 is 5.82 Å². The molecule has 6 nitrogen and oxygen atoms in total. The summed E-state index contributed by atoms with van der Waals surface area (Å²) in [4.78, 5) is 15.9. The van der Waals surface area contributed by atoms with Gasteiger partial charge in [0.25, 0.3) is 5.56 Å². The summed E-state index contributed by atoms with van der Waals surface area (Å²) in [5.74, 6) is 0.416.